The molecule has 0 unspecified atom stereocenters. The highest BCUT2D eigenvalue weighted by Crippen LogP contribution is 2.30. The van der Waals surface area contributed by atoms with Gasteiger partial charge in [0, 0.05) is 32.2 Å². The average Bonchev–Trinajstić information content (AvgIpc) is 2.53. The van der Waals surface area contributed by atoms with Crippen LogP contribution in [0.4, 0.5) is 5.69 Å². The molecule has 136 valence electrons. The topological polar surface area (TPSA) is 59.3 Å². The highest BCUT2D eigenvalue weighted by Gasteiger charge is 2.15. The van der Waals surface area contributed by atoms with Crippen LogP contribution in [0.2, 0.25) is 0 Å². The predicted octanol–water partition coefficient (Wildman–Crippen LogP) is 4.21. The van der Waals surface area contributed by atoms with Gasteiger partial charge in [-0.05, 0) is 51.6 Å². The lowest BCUT2D eigenvalue weighted by Gasteiger charge is -2.26. The maximum Gasteiger partial charge on any atom is 0.171 e. The first-order valence-corrected chi connectivity index (χ1v) is 9.01. The number of hydrogen-bond donors (Lipinski definition) is 2. The smallest absolute Gasteiger partial charge is 0.171 e. The Morgan fingerprint density at radius 2 is 1.54 bits per heavy atom. The minimum absolute atomic E-state index is 0. The summed E-state index contributed by atoms with van der Waals surface area (Å²) >= 11 is 6.97. The molecule has 0 radical (unpaired) electrons. The van der Waals surface area contributed by atoms with Gasteiger partial charge >= 0.3 is 0 Å². The maximum atomic E-state index is 9.64. The summed E-state index contributed by atoms with van der Waals surface area (Å²) < 4.78 is 0.781. The molecule has 1 aromatic rings. The van der Waals surface area contributed by atoms with Gasteiger partial charge in [0.1, 0.15) is 4.32 Å². The van der Waals surface area contributed by atoms with Crippen molar-refractivity contribution in [3.8, 4) is 11.5 Å². The Labute approximate surface area is 160 Å². The first-order valence-electron chi connectivity index (χ1n) is 7.79. The second kappa shape index (κ2) is 11.4. The summed E-state index contributed by atoms with van der Waals surface area (Å²) in [6.07, 6.45) is 0. The van der Waals surface area contributed by atoms with E-state index in [1.807, 2.05) is 0 Å². The van der Waals surface area contributed by atoms with Crippen molar-refractivity contribution in [1.29, 1.82) is 0 Å². The summed E-state index contributed by atoms with van der Waals surface area (Å²) in [5, 5.41) is 19.8. The Bertz CT molecular complexity index is 562. The van der Waals surface area contributed by atoms with E-state index in [1.165, 1.54) is 23.9 Å². The molecule has 0 saturated carbocycles. The third-order valence-electron chi connectivity index (χ3n) is 3.42. The number of amidine groups is 1. The molecule has 0 aliphatic rings. The Morgan fingerprint density at radius 1 is 1.00 bits per heavy atom. The fourth-order valence-corrected chi connectivity index (χ4v) is 3.53. The van der Waals surface area contributed by atoms with Crippen LogP contribution in [0, 0.1) is 0 Å². The first-order chi connectivity index (χ1) is 11.0. The van der Waals surface area contributed by atoms with Crippen LogP contribution in [-0.2, 0) is 0 Å². The van der Waals surface area contributed by atoms with Crippen LogP contribution in [-0.4, -0.2) is 55.7 Å². The Kier molecular flexibility index (Phi) is 10.8. The molecule has 0 atom stereocenters. The quantitative estimate of drug-likeness (QED) is 0.339. The van der Waals surface area contributed by atoms with Gasteiger partial charge in [-0.1, -0.05) is 12.2 Å². The zero-order valence-corrected chi connectivity index (χ0v) is 17.0. The van der Waals surface area contributed by atoms with Crippen molar-refractivity contribution < 1.29 is 10.2 Å². The summed E-state index contributed by atoms with van der Waals surface area (Å²) in [7, 11) is 0. The number of thioether (sulfide) groups is 1. The molecular formula is C16H26ClN3O2S2. The van der Waals surface area contributed by atoms with E-state index in [9.17, 15) is 10.2 Å². The van der Waals surface area contributed by atoms with E-state index in [0.717, 1.165) is 35.7 Å². The van der Waals surface area contributed by atoms with E-state index in [1.54, 1.807) is 6.07 Å². The number of phenolic OH excluding ortho intramolecular Hbond substituents is 2. The van der Waals surface area contributed by atoms with Gasteiger partial charge in [0.2, 0.25) is 0 Å². The first kappa shape index (κ1) is 22.8. The van der Waals surface area contributed by atoms with E-state index in [2.05, 4.69) is 42.5 Å². The fourth-order valence-electron chi connectivity index (χ4n) is 1.97. The number of aliphatic imine (C=N–C) groups is 1. The molecule has 24 heavy (non-hydrogen) atoms. The minimum atomic E-state index is -0.179. The Hall–Kier alpha value is -1.18. The molecule has 0 aliphatic heterocycles. The van der Waals surface area contributed by atoms with E-state index in [0.29, 0.717) is 5.69 Å². The Balaban J connectivity index is 0.00000529. The van der Waals surface area contributed by atoms with Gasteiger partial charge in [-0.2, -0.15) is 0 Å². The van der Waals surface area contributed by atoms with Crippen molar-refractivity contribution >= 4 is 51.6 Å². The number of phenols is 2. The van der Waals surface area contributed by atoms with Crippen molar-refractivity contribution in [2.24, 2.45) is 4.99 Å². The number of benzene rings is 1. The SMILES string of the molecule is CCN(CC)C(=S)S/C(=N\c1ccc(O)c(O)c1)N(CC)CC.Cl. The van der Waals surface area contributed by atoms with Crippen LogP contribution in [0.15, 0.2) is 23.2 Å². The summed E-state index contributed by atoms with van der Waals surface area (Å²) in [6.45, 7) is 11.6. The number of halogens is 1. The zero-order chi connectivity index (χ0) is 17.4. The maximum absolute atomic E-state index is 9.64. The van der Waals surface area contributed by atoms with Gasteiger partial charge in [0.25, 0.3) is 0 Å². The number of aromatic hydroxyl groups is 2. The van der Waals surface area contributed by atoms with E-state index in [-0.39, 0.29) is 23.9 Å². The molecule has 0 spiro atoms. The van der Waals surface area contributed by atoms with Crippen LogP contribution >= 0.6 is 36.4 Å². The van der Waals surface area contributed by atoms with Gasteiger partial charge < -0.3 is 20.0 Å². The van der Waals surface area contributed by atoms with Crippen LogP contribution in [0.3, 0.4) is 0 Å². The molecule has 1 aromatic carbocycles. The van der Waals surface area contributed by atoms with Crippen LogP contribution in [0.5, 0.6) is 11.5 Å². The fraction of sp³-hybridized carbons (Fsp3) is 0.500. The zero-order valence-electron chi connectivity index (χ0n) is 14.5. The summed E-state index contributed by atoms with van der Waals surface area (Å²) in [4.78, 5) is 8.83. The molecule has 0 bridgehead atoms. The molecule has 5 nitrogen and oxygen atoms in total. The summed E-state index contributed by atoms with van der Waals surface area (Å²) in [5.41, 5.74) is 0.581. The van der Waals surface area contributed by atoms with Gasteiger partial charge in [-0.3, -0.25) is 0 Å². The molecule has 0 fully saturated rings. The normalized spacial score (nSPS) is 10.9. The molecule has 0 heterocycles. The van der Waals surface area contributed by atoms with Crippen molar-refractivity contribution in [3.63, 3.8) is 0 Å². The second-order valence-corrected chi connectivity index (χ2v) is 6.38. The Morgan fingerprint density at radius 3 is 2.00 bits per heavy atom. The van der Waals surface area contributed by atoms with Crippen molar-refractivity contribution in [3.05, 3.63) is 18.2 Å². The summed E-state index contributed by atoms with van der Waals surface area (Å²) in [6, 6.07) is 4.54. The van der Waals surface area contributed by atoms with Gasteiger partial charge in [0.15, 0.2) is 16.7 Å². The van der Waals surface area contributed by atoms with Crippen LogP contribution in [0.25, 0.3) is 0 Å². The third-order valence-corrected chi connectivity index (χ3v) is 4.89. The monoisotopic (exact) mass is 391 g/mol. The van der Waals surface area contributed by atoms with Gasteiger partial charge in [0.05, 0.1) is 5.69 Å². The molecule has 1 rings (SSSR count). The van der Waals surface area contributed by atoms with Crippen molar-refractivity contribution in [1.82, 2.24) is 9.80 Å². The molecule has 8 heteroatoms. The lowest BCUT2D eigenvalue weighted by molar-refractivity contribution is 0.404. The lowest BCUT2D eigenvalue weighted by atomic mass is 10.3. The molecule has 2 N–H and O–H groups in total. The molecule has 0 aliphatic carbocycles. The number of hydrogen-bond acceptors (Lipinski definition) is 5. The molecule has 0 amide bonds. The average molecular weight is 392 g/mol. The van der Waals surface area contributed by atoms with Gasteiger partial charge in [-0.15, -0.1) is 12.4 Å². The molecule has 0 saturated heterocycles. The molecule has 0 aromatic heterocycles. The van der Waals surface area contributed by atoms with Crippen LogP contribution < -0.4 is 0 Å². The highest BCUT2D eigenvalue weighted by molar-refractivity contribution is 8.32. The van der Waals surface area contributed by atoms with E-state index in [4.69, 9.17) is 12.2 Å². The third kappa shape index (κ3) is 6.37. The number of thiocarbonyl (C=S) groups is 1. The standard InChI is InChI=1S/C16H25N3O2S2.ClH/c1-5-18(6-2)15(23-16(22)19(7-3)8-4)17-12-9-10-13(20)14(21)11-12;/h9-11,20-21H,5-8H2,1-4H3;1H/b17-15-;. The highest BCUT2D eigenvalue weighted by atomic mass is 35.5. The number of nitrogens with zero attached hydrogens (tertiary/aromatic N) is 3. The van der Waals surface area contributed by atoms with E-state index >= 15 is 0 Å². The van der Waals surface area contributed by atoms with Gasteiger partial charge in [-0.25, -0.2) is 4.99 Å². The number of rotatable bonds is 5. The van der Waals surface area contributed by atoms with Crippen molar-refractivity contribution in [2.45, 2.75) is 27.7 Å². The van der Waals surface area contributed by atoms with Crippen molar-refractivity contribution in [2.75, 3.05) is 26.2 Å². The largest absolute Gasteiger partial charge is 0.504 e. The predicted molar refractivity (Wildman–Crippen MR) is 110 cm³/mol. The minimum Gasteiger partial charge on any atom is -0.504 e. The molecular weight excluding hydrogens is 366 g/mol. The summed E-state index contributed by atoms with van der Waals surface area (Å²) in [5.74, 6) is -0.332. The second-order valence-electron chi connectivity index (χ2n) is 4.78. The van der Waals surface area contributed by atoms with Crippen LogP contribution in [0.1, 0.15) is 27.7 Å². The lowest BCUT2D eigenvalue weighted by Crippen LogP contribution is -2.33. The van der Waals surface area contributed by atoms with E-state index < -0.39 is 0 Å².